The maximum atomic E-state index is 12.1. The summed E-state index contributed by atoms with van der Waals surface area (Å²) in [5.41, 5.74) is 0. The predicted molar refractivity (Wildman–Crippen MR) is 71.5 cm³/mol. The van der Waals surface area contributed by atoms with Gasteiger partial charge in [0.05, 0.1) is 18.1 Å². The molecule has 1 saturated carbocycles. The molecule has 0 amide bonds. The number of aliphatic hydroxyl groups is 1. The number of sulfonamides is 1. The molecular formula is C13H19NO4S. The van der Waals surface area contributed by atoms with Crippen LogP contribution in [0.2, 0.25) is 0 Å². The van der Waals surface area contributed by atoms with Crippen molar-refractivity contribution in [3.63, 3.8) is 0 Å². The van der Waals surface area contributed by atoms with E-state index in [1.165, 1.54) is 19.2 Å². The Morgan fingerprint density at radius 1 is 1.32 bits per heavy atom. The van der Waals surface area contributed by atoms with Crippen molar-refractivity contribution < 1.29 is 18.3 Å². The summed E-state index contributed by atoms with van der Waals surface area (Å²) < 4.78 is 31.7. The predicted octanol–water partition coefficient (Wildman–Crippen LogP) is 1.13. The molecule has 0 aromatic heterocycles. The minimum Gasteiger partial charge on any atom is -0.497 e. The zero-order valence-electron chi connectivity index (χ0n) is 10.9. The molecule has 2 unspecified atom stereocenters. The van der Waals surface area contributed by atoms with Gasteiger partial charge in [0.2, 0.25) is 10.0 Å². The molecule has 0 aliphatic heterocycles. The first kappa shape index (κ1) is 14.3. The fourth-order valence-electron chi connectivity index (χ4n) is 2.30. The van der Waals surface area contributed by atoms with Gasteiger partial charge in [0.25, 0.3) is 0 Å². The molecule has 0 spiro atoms. The van der Waals surface area contributed by atoms with Crippen LogP contribution >= 0.6 is 0 Å². The van der Waals surface area contributed by atoms with E-state index >= 15 is 0 Å². The van der Waals surface area contributed by atoms with Gasteiger partial charge in [-0.3, -0.25) is 0 Å². The maximum absolute atomic E-state index is 12.1. The van der Waals surface area contributed by atoms with E-state index in [4.69, 9.17) is 4.74 Å². The molecule has 0 heterocycles. The Balaban J connectivity index is 1.97. The van der Waals surface area contributed by atoms with E-state index in [0.29, 0.717) is 18.7 Å². The highest BCUT2D eigenvalue weighted by Crippen LogP contribution is 2.25. The summed E-state index contributed by atoms with van der Waals surface area (Å²) in [5, 5.41) is 9.41. The molecule has 1 aromatic carbocycles. The molecule has 1 aliphatic carbocycles. The van der Waals surface area contributed by atoms with Crippen molar-refractivity contribution in [1.29, 1.82) is 0 Å². The highest BCUT2D eigenvalue weighted by Gasteiger charge is 2.24. The molecule has 1 fully saturated rings. The average molecular weight is 285 g/mol. The number of methoxy groups -OCH3 is 1. The standard InChI is InChI=1S/C13H19NO4S/c1-18-12-4-6-13(7-5-12)19(16,17)14-9-10-2-3-11(15)8-10/h4-7,10-11,14-15H,2-3,8-9H2,1H3. The van der Waals surface area contributed by atoms with Gasteiger partial charge in [-0.1, -0.05) is 0 Å². The van der Waals surface area contributed by atoms with Crippen LogP contribution in [-0.2, 0) is 10.0 Å². The fourth-order valence-corrected chi connectivity index (χ4v) is 3.42. The summed E-state index contributed by atoms with van der Waals surface area (Å²) in [6, 6.07) is 6.27. The number of ether oxygens (including phenoxy) is 1. The summed E-state index contributed by atoms with van der Waals surface area (Å²) in [6.45, 7) is 0.380. The smallest absolute Gasteiger partial charge is 0.240 e. The van der Waals surface area contributed by atoms with E-state index in [1.54, 1.807) is 12.1 Å². The van der Waals surface area contributed by atoms with Crippen LogP contribution in [0.4, 0.5) is 0 Å². The molecule has 106 valence electrons. The molecule has 0 radical (unpaired) electrons. The lowest BCUT2D eigenvalue weighted by molar-refractivity contribution is 0.178. The number of aliphatic hydroxyl groups excluding tert-OH is 1. The van der Waals surface area contributed by atoms with Gasteiger partial charge in [0.15, 0.2) is 0 Å². The number of nitrogens with one attached hydrogen (secondary N) is 1. The summed E-state index contributed by atoms with van der Waals surface area (Å²) in [7, 11) is -1.94. The number of benzene rings is 1. The molecule has 19 heavy (non-hydrogen) atoms. The van der Waals surface area contributed by atoms with Gasteiger partial charge in [-0.25, -0.2) is 13.1 Å². The molecule has 1 aliphatic rings. The Morgan fingerprint density at radius 3 is 2.53 bits per heavy atom. The summed E-state index contributed by atoms with van der Waals surface area (Å²) in [5.74, 6) is 0.848. The van der Waals surface area contributed by atoms with E-state index < -0.39 is 10.0 Å². The molecule has 6 heteroatoms. The quantitative estimate of drug-likeness (QED) is 0.850. The van der Waals surface area contributed by atoms with Crippen LogP contribution in [0.3, 0.4) is 0 Å². The Kier molecular flexibility index (Phi) is 4.44. The molecule has 5 nitrogen and oxygen atoms in total. The second kappa shape index (κ2) is 5.90. The van der Waals surface area contributed by atoms with Crippen molar-refractivity contribution >= 4 is 10.0 Å². The SMILES string of the molecule is COc1ccc(S(=O)(=O)NCC2CCC(O)C2)cc1. The van der Waals surface area contributed by atoms with Crippen molar-refractivity contribution in [2.24, 2.45) is 5.92 Å². The lowest BCUT2D eigenvalue weighted by Gasteiger charge is -2.11. The number of hydrogen-bond donors (Lipinski definition) is 2. The van der Waals surface area contributed by atoms with Gasteiger partial charge < -0.3 is 9.84 Å². The largest absolute Gasteiger partial charge is 0.497 e. The van der Waals surface area contributed by atoms with Crippen LogP contribution < -0.4 is 9.46 Å². The maximum Gasteiger partial charge on any atom is 0.240 e. The zero-order valence-corrected chi connectivity index (χ0v) is 11.7. The second-order valence-electron chi connectivity index (χ2n) is 4.86. The highest BCUT2D eigenvalue weighted by atomic mass is 32.2. The lowest BCUT2D eigenvalue weighted by atomic mass is 10.1. The van der Waals surface area contributed by atoms with Gasteiger partial charge >= 0.3 is 0 Å². The first-order valence-corrected chi connectivity index (χ1v) is 7.81. The highest BCUT2D eigenvalue weighted by molar-refractivity contribution is 7.89. The zero-order chi connectivity index (χ0) is 13.9. The first-order valence-electron chi connectivity index (χ1n) is 6.33. The monoisotopic (exact) mass is 285 g/mol. The van der Waals surface area contributed by atoms with Gasteiger partial charge in [0.1, 0.15) is 5.75 Å². The molecule has 1 aromatic rings. The third-order valence-electron chi connectivity index (χ3n) is 3.45. The van der Waals surface area contributed by atoms with E-state index in [2.05, 4.69) is 4.72 Å². The summed E-state index contributed by atoms with van der Waals surface area (Å²) >= 11 is 0. The van der Waals surface area contributed by atoms with Crippen LogP contribution in [0, 0.1) is 5.92 Å². The fraction of sp³-hybridized carbons (Fsp3) is 0.538. The third kappa shape index (κ3) is 3.68. The summed E-state index contributed by atoms with van der Waals surface area (Å²) in [6.07, 6.45) is 2.02. The van der Waals surface area contributed by atoms with Gasteiger partial charge in [-0.2, -0.15) is 0 Å². The van der Waals surface area contributed by atoms with Crippen molar-refractivity contribution in [3.8, 4) is 5.75 Å². The Morgan fingerprint density at radius 2 is 2.00 bits per heavy atom. The van der Waals surface area contributed by atoms with Crippen LogP contribution in [0.25, 0.3) is 0 Å². The average Bonchev–Trinajstić information content (AvgIpc) is 2.82. The molecule has 2 N–H and O–H groups in total. The minimum atomic E-state index is -3.48. The van der Waals surface area contributed by atoms with Gasteiger partial charge in [-0.05, 0) is 49.4 Å². The van der Waals surface area contributed by atoms with Crippen LogP contribution in [0.15, 0.2) is 29.2 Å². The van der Waals surface area contributed by atoms with E-state index in [-0.39, 0.29) is 16.9 Å². The van der Waals surface area contributed by atoms with Crippen molar-refractivity contribution in [3.05, 3.63) is 24.3 Å². The Labute approximate surface area is 113 Å². The van der Waals surface area contributed by atoms with Crippen LogP contribution in [0.5, 0.6) is 5.75 Å². The van der Waals surface area contributed by atoms with E-state index in [0.717, 1.165) is 12.8 Å². The van der Waals surface area contributed by atoms with E-state index in [1.807, 2.05) is 0 Å². The van der Waals surface area contributed by atoms with Crippen LogP contribution in [-0.4, -0.2) is 33.3 Å². The second-order valence-corrected chi connectivity index (χ2v) is 6.63. The number of rotatable bonds is 5. The number of hydrogen-bond acceptors (Lipinski definition) is 4. The molecular weight excluding hydrogens is 266 g/mol. The van der Waals surface area contributed by atoms with Crippen molar-refractivity contribution in [2.45, 2.75) is 30.3 Å². The molecule has 0 saturated heterocycles. The van der Waals surface area contributed by atoms with Gasteiger partial charge in [0, 0.05) is 6.54 Å². The Hall–Kier alpha value is -1.11. The van der Waals surface area contributed by atoms with Crippen molar-refractivity contribution in [2.75, 3.05) is 13.7 Å². The Bertz CT molecular complexity index is 512. The summed E-state index contributed by atoms with van der Waals surface area (Å²) in [4.78, 5) is 0.229. The lowest BCUT2D eigenvalue weighted by Crippen LogP contribution is -2.28. The first-order chi connectivity index (χ1) is 9.01. The normalized spacial score (nSPS) is 23.5. The third-order valence-corrected chi connectivity index (χ3v) is 4.88. The molecule has 0 bridgehead atoms. The van der Waals surface area contributed by atoms with Crippen molar-refractivity contribution in [1.82, 2.24) is 4.72 Å². The molecule has 2 rings (SSSR count). The topological polar surface area (TPSA) is 75.6 Å². The van der Waals surface area contributed by atoms with E-state index in [9.17, 15) is 13.5 Å². The van der Waals surface area contributed by atoms with Crippen LogP contribution in [0.1, 0.15) is 19.3 Å². The van der Waals surface area contributed by atoms with Gasteiger partial charge in [-0.15, -0.1) is 0 Å². The molecule has 2 atom stereocenters. The minimum absolute atomic E-state index is 0.225.